The van der Waals surface area contributed by atoms with Gasteiger partial charge in [0.15, 0.2) is 5.78 Å². The summed E-state index contributed by atoms with van der Waals surface area (Å²) >= 11 is 2.25. The standard InChI is InChI=1S/C31H41IO6/c1-18(33)31(36)14-11-25-28-24(10-13-30(25,31)4)29(3)12-9-23(37-19(2)34)16-21(29)17-26(28)38-27(35)15-20-5-7-22(32)8-6-20/h5-8,21,23-26,28,36H,9-17H2,1-4H3. The smallest absolute Gasteiger partial charge is 0.310 e. The first-order valence-corrected chi connectivity index (χ1v) is 15.3. The van der Waals surface area contributed by atoms with E-state index in [1.807, 2.05) is 24.3 Å². The summed E-state index contributed by atoms with van der Waals surface area (Å²) in [4.78, 5) is 37.7. The average molecular weight is 637 g/mol. The maximum atomic E-state index is 13.3. The molecule has 4 saturated carbocycles. The van der Waals surface area contributed by atoms with E-state index in [0.717, 1.165) is 54.1 Å². The van der Waals surface area contributed by atoms with Crippen LogP contribution in [0, 0.1) is 38.1 Å². The number of fused-ring (bicyclic) bond motifs is 5. The summed E-state index contributed by atoms with van der Waals surface area (Å²) in [5, 5.41) is 11.6. The Bertz CT molecular complexity index is 1100. The lowest BCUT2D eigenvalue weighted by Crippen LogP contribution is -2.62. The first-order valence-electron chi connectivity index (χ1n) is 14.2. The van der Waals surface area contributed by atoms with Gasteiger partial charge in [0.05, 0.1) is 6.42 Å². The van der Waals surface area contributed by atoms with Crippen LogP contribution >= 0.6 is 22.6 Å². The van der Waals surface area contributed by atoms with E-state index in [-0.39, 0.29) is 59.5 Å². The quantitative estimate of drug-likeness (QED) is 0.332. The first kappa shape index (κ1) is 28.1. The van der Waals surface area contributed by atoms with E-state index in [0.29, 0.717) is 12.3 Å². The number of carbonyl (C=O) groups excluding carboxylic acids is 3. The average Bonchev–Trinajstić information content (AvgIpc) is 3.13. The molecular formula is C31H41IO6. The molecule has 0 amide bonds. The van der Waals surface area contributed by atoms with Crippen LogP contribution in [0.1, 0.15) is 84.6 Å². The molecule has 0 saturated heterocycles. The van der Waals surface area contributed by atoms with Crippen LogP contribution in [0.25, 0.3) is 0 Å². The third kappa shape index (κ3) is 4.63. The monoisotopic (exact) mass is 636 g/mol. The van der Waals surface area contributed by atoms with Gasteiger partial charge in [0.1, 0.15) is 17.8 Å². The number of Topliss-reactive ketones (excluding diaryl/α,β-unsaturated/α-hetero) is 1. The van der Waals surface area contributed by atoms with E-state index < -0.39 is 11.0 Å². The number of benzene rings is 1. The van der Waals surface area contributed by atoms with Crippen molar-refractivity contribution in [2.24, 2.45) is 34.5 Å². The molecule has 0 aromatic heterocycles. The number of hydrogen-bond acceptors (Lipinski definition) is 6. The zero-order valence-electron chi connectivity index (χ0n) is 23.0. The summed E-state index contributed by atoms with van der Waals surface area (Å²) < 4.78 is 13.1. The number of aliphatic hydroxyl groups is 1. The molecule has 1 aromatic rings. The molecule has 9 unspecified atom stereocenters. The third-order valence-corrected chi connectivity index (χ3v) is 11.9. The minimum absolute atomic E-state index is 0.0542. The van der Waals surface area contributed by atoms with Gasteiger partial charge in [-0.3, -0.25) is 14.4 Å². The third-order valence-electron chi connectivity index (χ3n) is 11.2. The van der Waals surface area contributed by atoms with Gasteiger partial charge < -0.3 is 14.6 Å². The summed E-state index contributed by atoms with van der Waals surface area (Å²) in [6.45, 7) is 7.47. The van der Waals surface area contributed by atoms with Crippen molar-refractivity contribution >= 4 is 40.3 Å². The highest BCUT2D eigenvalue weighted by molar-refractivity contribution is 14.1. The van der Waals surface area contributed by atoms with Crippen LogP contribution in [0.2, 0.25) is 0 Å². The van der Waals surface area contributed by atoms with Crippen molar-refractivity contribution in [1.29, 1.82) is 0 Å². The van der Waals surface area contributed by atoms with Crippen molar-refractivity contribution in [3.05, 3.63) is 33.4 Å². The van der Waals surface area contributed by atoms with Crippen molar-refractivity contribution < 1.29 is 29.0 Å². The predicted molar refractivity (Wildman–Crippen MR) is 151 cm³/mol. The molecule has 0 aliphatic heterocycles. The number of halogens is 1. The summed E-state index contributed by atoms with van der Waals surface area (Å²) in [7, 11) is 0. The number of esters is 2. The van der Waals surface area contributed by atoms with E-state index in [2.05, 4.69) is 36.4 Å². The fraction of sp³-hybridized carbons (Fsp3) is 0.710. The molecule has 4 fully saturated rings. The number of carbonyl (C=O) groups is 3. The summed E-state index contributed by atoms with van der Waals surface area (Å²) in [6, 6.07) is 7.93. The van der Waals surface area contributed by atoms with E-state index in [4.69, 9.17) is 9.47 Å². The molecule has 38 heavy (non-hydrogen) atoms. The first-order chi connectivity index (χ1) is 17.9. The van der Waals surface area contributed by atoms with Gasteiger partial charge in [0, 0.05) is 21.8 Å². The van der Waals surface area contributed by atoms with E-state index >= 15 is 0 Å². The lowest BCUT2D eigenvalue weighted by atomic mass is 9.43. The SMILES string of the molecule is CC(=O)OC1CCC2(C)C(C1)CC(OC(=O)Cc1ccc(I)cc1)C1C2CCC2(C)C1CCC2(O)C(C)=O. The maximum absolute atomic E-state index is 13.3. The van der Waals surface area contributed by atoms with Crippen molar-refractivity contribution in [3.8, 4) is 0 Å². The van der Waals surface area contributed by atoms with Gasteiger partial charge in [-0.25, -0.2) is 0 Å². The Kier molecular flexibility index (Phi) is 7.51. The van der Waals surface area contributed by atoms with E-state index in [1.165, 1.54) is 13.8 Å². The Hall–Kier alpha value is -1.48. The molecule has 5 rings (SSSR count). The van der Waals surface area contributed by atoms with Crippen molar-refractivity contribution in [3.63, 3.8) is 0 Å². The van der Waals surface area contributed by atoms with Crippen molar-refractivity contribution in [2.45, 2.75) is 103 Å². The second kappa shape index (κ2) is 10.2. The zero-order chi connectivity index (χ0) is 27.5. The summed E-state index contributed by atoms with van der Waals surface area (Å²) in [5.41, 5.74) is -0.846. The Labute approximate surface area is 239 Å². The molecule has 4 aliphatic carbocycles. The van der Waals surface area contributed by atoms with Crippen LogP contribution in [0.4, 0.5) is 0 Å². The second-order valence-corrected chi connectivity index (χ2v) is 14.2. The van der Waals surface area contributed by atoms with Gasteiger partial charge >= 0.3 is 11.9 Å². The van der Waals surface area contributed by atoms with Crippen LogP contribution in [-0.2, 0) is 30.3 Å². The highest BCUT2D eigenvalue weighted by Crippen LogP contribution is 2.68. The lowest BCUT2D eigenvalue weighted by molar-refractivity contribution is -0.207. The van der Waals surface area contributed by atoms with Crippen LogP contribution < -0.4 is 0 Å². The molecule has 0 spiro atoms. The lowest BCUT2D eigenvalue weighted by Gasteiger charge is -2.63. The molecular weight excluding hydrogens is 595 g/mol. The van der Waals surface area contributed by atoms with Gasteiger partial charge in [0.2, 0.25) is 0 Å². The molecule has 0 bridgehead atoms. The fourth-order valence-corrected chi connectivity index (χ4v) is 9.56. The molecule has 1 N–H and O–H groups in total. The van der Waals surface area contributed by atoms with E-state index in [1.54, 1.807) is 0 Å². The van der Waals surface area contributed by atoms with Crippen molar-refractivity contribution in [2.75, 3.05) is 0 Å². The van der Waals surface area contributed by atoms with E-state index in [9.17, 15) is 19.5 Å². The molecule has 0 heterocycles. The van der Waals surface area contributed by atoms with Crippen LogP contribution in [0.15, 0.2) is 24.3 Å². The molecule has 9 atom stereocenters. The van der Waals surface area contributed by atoms with Crippen LogP contribution in [0.3, 0.4) is 0 Å². The highest BCUT2D eigenvalue weighted by Gasteiger charge is 2.68. The summed E-state index contributed by atoms with van der Waals surface area (Å²) in [6.07, 6.45) is 6.17. The maximum Gasteiger partial charge on any atom is 0.310 e. The molecule has 1 aromatic carbocycles. The Morgan fingerprint density at radius 1 is 0.947 bits per heavy atom. The second-order valence-electron chi connectivity index (χ2n) is 13.0. The number of rotatable bonds is 5. The molecule has 0 radical (unpaired) electrons. The zero-order valence-corrected chi connectivity index (χ0v) is 25.2. The van der Waals surface area contributed by atoms with Crippen LogP contribution in [0.5, 0.6) is 0 Å². The Balaban J connectivity index is 1.45. The van der Waals surface area contributed by atoms with Gasteiger partial charge in [-0.2, -0.15) is 0 Å². The molecule has 7 heteroatoms. The molecule has 6 nitrogen and oxygen atoms in total. The minimum atomic E-state index is -1.32. The largest absolute Gasteiger partial charge is 0.463 e. The van der Waals surface area contributed by atoms with Gasteiger partial charge in [-0.05, 0) is 122 Å². The van der Waals surface area contributed by atoms with Crippen LogP contribution in [-0.4, -0.2) is 40.6 Å². The minimum Gasteiger partial charge on any atom is -0.463 e. The predicted octanol–water partition coefficient (Wildman–Crippen LogP) is 5.65. The summed E-state index contributed by atoms with van der Waals surface area (Å²) in [5.74, 6) is 0.242. The molecule has 208 valence electrons. The highest BCUT2D eigenvalue weighted by atomic mass is 127. The number of ketones is 1. The number of hydrogen-bond donors (Lipinski definition) is 1. The van der Waals surface area contributed by atoms with Gasteiger partial charge in [-0.1, -0.05) is 26.0 Å². The van der Waals surface area contributed by atoms with Gasteiger partial charge in [-0.15, -0.1) is 0 Å². The van der Waals surface area contributed by atoms with Crippen molar-refractivity contribution in [1.82, 2.24) is 0 Å². The van der Waals surface area contributed by atoms with Gasteiger partial charge in [0.25, 0.3) is 0 Å². The molecule has 4 aliphatic rings. The normalized spacial score (nSPS) is 41.8. The Morgan fingerprint density at radius 3 is 2.29 bits per heavy atom. The fourth-order valence-electron chi connectivity index (χ4n) is 9.20. The topological polar surface area (TPSA) is 89.9 Å². The Morgan fingerprint density at radius 2 is 1.63 bits per heavy atom. The number of ether oxygens (including phenoxy) is 2.